The molecule has 0 radical (unpaired) electrons. The molecule has 0 rings (SSSR count). The molecule has 0 bridgehead atoms. The van der Waals surface area contributed by atoms with E-state index in [1.54, 1.807) is 13.8 Å². The van der Waals surface area contributed by atoms with Crippen LogP contribution in [0.15, 0.2) is 0 Å². The number of rotatable bonds is 6. The third-order valence-corrected chi connectivity index (χ3v) is 2.13. The lowest BCUT2D eigenvalue weighted by atomic mass is 10.0. The van der Waals surface area contributed by atoms with Gasteiger partial charge in [-0.3, -0.25) is 14.9 Å². The summed E-state index contributed by atoms with van der Waals surface area (Å²) in [6.45, 7) is 3.75. The van der Waals surface area contributed by atoms with Crippen molar-refractivity contribution < 1.29 is 19.5 Å². The Balaban J connectivity index is 3.93. The number of nitrogens with one attached hydrogen (secondary N) is 3. The van der Waals surface area contributed by atoms with Crippen molar-refractivity contribution in [1.29, 1.82) is 0 Å². The lowest BCUT2D eigenvalue weighted by molar-refractivity contribution is -0.140. The van der Waals surface area contributed by atoms with Gasteiger partial charge in [0.2, 0.25) is 5.91 Å². The first kappa shape index (κ1) is 15.4. The van der Waals surface area contributed by atoms with Crippen LogP contribution in [0.25, 0.3) is 0 Å². The van der Waals surface area contributed by atoms with Gasteiger partial charge in [-0.1, -0.05) is 13.8 Å². The van der Waals surface area contributed by atoms with Crippen molar-refractivity contribution in [3.63, 3.8) is 0 Å². The number of carboxylic acid groups (broad SMARTS) is 1. The highest BCUT2D eigenvalue weighted by Gasteiger charge is 2.20. The SMILES string of the molecule is CNC(=O)NC(=O)CCNC(C(=O)O)C(C)C. The van der Waals surface area contributed by atoms with Gasteiger partial charge in [-0.15, -0.1) is 0 Å². The molecule has 0 aromatic heterocycles. The van der Waals surface area contributed by atoms with Gasteiger partial charge in [-0.25, -0.2) is 4.79 Å². The van der Waals surface area contributed by atoms with E-state index < -0.39 is 23.9 Å². The van der Waals surface area contributed by atoms with Gasteiger partial charge < -0.3 is 15.7 Å². The molecule has 0 saturated heterocycles. The number of imide groups is 1. The average Bonchev–Trinajstić information content (AvgIpc) is 2.22. The Morgan fingerprint density at radius 1 is 1.24 bits per heavy atom. The predicted octanol–water partition coefficient (Wildman–Crippen LogP) is -0.469. The highest BCUT2D eigenvalue weighted by Crippen LogP contribution is 2.01. The molecule has 98 valence electrons. The summed E-state index contributed by atoms with van der Waals surface area (Å²) in [6.07, 6.45) is 0.0456. The van der Waals surface area contributed by atoms with Gasteiger partial charge in [-0.05, 0) is 5.92 Å². The van der Waals surface area contributed by atoms with Crippen LogP contribution in [0.4, 0.5) is 4.79 Å². The number of carbonyl (C=O) groups is 3. The van der Waals surface area contributed by atoms with Crippen molar-refractivity contribution in [2.45, 2.75) is 26.3 Å². The molecule has 7 heteroatoms. The molecule has 4 N–H and O–H groups in total. The fourth-order valence-electron chi connectivity index (χ4n) is 1.20. The zero-order chi connectivity index (χ0) is 13.4. The Morgan fingerprint density at radius 2 is 1.82 bits per heavy atom. The van der Waals surface area contributed by atoms with Crippen LogP contribution in [0.5, 0.6) is 0 Å². The number of carbonyl (C=O) groups excluding carboxylic acids is 2. The Morgan fingerprint density at radius 3 is 2.24 bits per heavy atom. The predicted molar refractivity (Wildman–Crippen MR) is 61.5 cm³/mol. The topological polar surface area (TPSA) is 108 Å². The van der Waals surface area contributed by atoms with E-state index in [1.807, 2.05) is 0 Å². The Bertz CT molecular complexity index is 291. The minimum atomic E-state index is -0.952. The Kier molecular flexibility index (Phi) is 6.88. The molecule has 1 unspecified atom stereocenters. The van der Waals surface area contributed by atoms with Crippen LogP contribution in [0.2, 0.25) is 0 Å². The first-order valence-corrected chi connectivity index (χ1v) is 5.36. The second kappa shape index (κ2) is 7.61. The number of urea groups is 1. The van der Waals surface area contributed by atoms with E-state index in [-0.39, 0.29) is 18.9 Å². The summed E-state index contributed by atoms with van der Waals surface area (Å²) in [7, 11) is 1.40. The molecule has 0 aromatic carbocycles. The fourth-order valence-corrected chi connectivity index (χ4v) is 1.20. The molecule has 0 aliphatic carbocycles. The van der Waals surface area contributed by atoms with Crippen molar-refractivity contribution in [3.8, 4) is 0 Å². The van der Waals surface area contributed by atoms with Crippen molar-refractivity contribution >= 4 is 17.9 Å². The summed E-state index contributed by atoms with van der Waals surface area (Å²) in [4.78, 5) is 32.8. The highest BCUT2D eigenvalue weighted by atomic mass is 16.4. The molecule has 0 aliphatic heterocycles. The maximum absolute atomic E-state index is 11.2. The second-order valence-electron chi connectivity index (χ2n) is 3.89. The average molecular weight is 245 g/mol. The van der Waals surface area contributed by atoms with Crippen LogP contribution in [-0.4, -0.2) is 42.6 Å². The van der Waals surface area contributed by atoms with Gasteiger partial charge in [0.15, 0.2) is 0 Å². The van der Waals surface area contributed by atoms with Crippen molar-refractivity contribution in [3.05, 3.63) is 0 Å². The minimum absolute atomic E-state index is 0.0456. The van der Waals surface area contributed by atoms with E-state index >= 15 is 0 Å². The third-order valence-electron chi connectivity index (χ3n) is 2.13. The number of hydrogen-bond acceptors (Lipinski definition) is 4. The molecule has 17 heavy (non-hydrogen) atoms. The smallest absolute Gasteiger partial charge is 0.321 e. The van der Waals surface area contributed by atoms with Gasteiger partial charge >= 0.3 is 12.0 Å². The van der Waals surface area contributed by atoms with Crippen LogP contribution >= 0.6 is 0 Å². The van der Waals surface area contributed by atoms with Crippen molar-refractivity contribution in [2.75, 3.05) is 13.6 Å². The maximum atomic E-state index is 11.2. The van der Waals surface area contributed by atoms with Crippen LogP contribution < -0.4 is 16.0 Å². The number of carboxylic acids is 1. The molecule has 1 atom stereocenters. The van der Waals surface area contributed by atoms with Crippen LogP contribution in [0, 0.1) is 5.92 Å². The first-order chi connectivity index (χ1) is 7.88. The first-order valence-electron chi connectivity index (χ1n) is 5.36. The summed E-state index contributed by atoms with van der Waals surface area (Å²) in [6, 6.07) is -1.27. The van der Waals surface area contributed by atoms with Gasteiger partial charge in [0, 0.05) is 20.0 Å². The molecule has 0 saturated carbocycles. The molecule has 0 aliphatic rings. The monoisotopic (exact) mass is 245 g/mol. The van der Waals surface area contributed by atoms with E-state index in [2.05, 4.69) is 16.0 Å². The van der Waals surface area contributed by atoms with E-state index in [9.17, 15) is 14.4 Å². The van der Waals surface area contributed by atoms with E-state index in [0.29, 0.717) is 0 Å². The molecule has 0 heterocycles. The minimum Gasteiger partial charge on any atom is -0.480 e. The molecule has 0 fully saturated rings. The summed E-state index contributed by atoms with van der Waals surface area (Å²) in [5, 5.41) is 15.9. The van der Waals surface area contributed by atoms with Crippen molar-refractivity contribution in [2.24, 2.45) is 5.92 Å². The number of aliphatic carboxylic acids is 1. The summed E-state index contributed by atoms with van der Waals surface area (Å²) < 4.78 is 0. The molecule has 7 nitrogen and oxygen atoms in total. The lowest BCUT2D eigenvalue weighted by Crippen LogP contribution is -2.43. The zero-order valence-corrected chi connectivity index (χ0v) is 10.2. The number of hydrogen-bond donors (Lipinski definition) is 4. The largest absolute Gasteiger partial charge is 0.480 e. The molecule has 3 amide bonds. The number of amides is 3. The Hall–Kier alpha value is -1.63. The van der Waals surface area contributed by atoms with Crippen molar-refractivity contribution in [1.82, 2.24) is 16.0 Å². The second-order valence-corrected chi connectivity index (χ2v) is 3.89. The summed E-state index contributed by atoms with van der Waals surface area (Å²) >= 11 is 0. The highest BCUT2D eigenvalue weighted by molar-refractivity contribution is 5.94. The fraction of sp³-hybridized carbons (Fsp3) is 0.700. The van der Waals surface area contributed by atoms with Crippen LogP contribution in [0.1, 0.15) is 20.3 Å². The van der Waals surface area contributed by atoms with Gasteiger partial charge in [0.1, 0.15) is 6.04 Å². The normalized spacial score (nSPS) is 12.0. The van der Waals surface area contributed by atoms with Gasteiger partial charge in [0.05, 0.1) is 0 Å². The molecule has 0 spiro atoms. The van der Waals surface area contributed by atoms with Crippen LogP contribution in [-0.2, 0) is 9.59 Å². The van der Waals surface area contributed by atoms with Gasteiger partial charge in [0.25, 0.3) is 0 Å². The summed E-state index contributed by atoms with van der Waals surface area (Å²) in [5.74, 6) is -1.48. The van der Waals surface area contributed by atoms with E-state index in [1.165, 1.54) is 7.05 Å². The van der Waals surface area contributed by atoms with E-state index in [4.69, 9.17) is 5.11 Å². The quantitative estimate of drug-likeness (QED) is 0.506. The zero-order valence-electron chi connectivity index (χ0n) is 10.2. The molecular weight excluding hydrogens is 226 g/mol. The van der Waals surface area contributed by atoms with Crippen LogP contribution in [0.3, 0.4) is 0 Å². The Labute approximate surface area is 100.0 Å². The maximum Gasteiger partial charge on any atom is 0.321 e. The van der Waals surface area contributed by atoms with E-state index in [0.717, 1.165) is 0 Å². The summed E-state index contributed by atoms with van der Waals surface area (Å²) in [5.41, 5.74) is 0. The molecule has 0 aromatic rings. The standard InChI is InChI=1S/C10H19N3O4/c1-6(2)8(9(15)16)12-5-4-7(14)13-10(17)11-3/h6,8,12H,4-5H2,1-3H3,(H,15,16)(H2,11,13,14,17). The third kappa shape index (κ3) is 6.52. The lowest BCUT2D eigenvalue weighted by Gasteiger charge is -2.17. The van der Waals surface area contributed by atoms with Gasteiger partial charge in [-0.2, -0.15) is 0 Å². The molecular formula is C10H19N3O4.